The summed E-state index contributed by atoms with van der Waals surface area (Å²) in [6.45, 7) is 13.1. The predicted molar refractivity (Wildman–Crippen MR) is 130 cm³/mol. The molecule has 0 atom stereocenters. The van der Waals surface area contributed by atoms with Crippen molar-refractivity contribution in [2.45, 2.75) is 41.5 Å². The normalized spacial score (nSPS) is 15.5. The van der Waals surface area contributed by atoms with Gasteiger partial charge in [0.1, 0.15) is 0 Å². The van der Waals surface area contributed by atoms with Gasteiger partial charge in [-0.15, -0.1) is 0 Å². The number of hydrogen-bond acceptors (Lipinski definition) is 0. The Kier molecular flexibility index (Phi) is 14.0. The van der Waals surface area contributed by atoms with Crippen LogP contribution < -0.4 is 0 Å². The van der Waals surface area contributed by atoms with Crippen molar-refractivity contribution in [3.63, 3.8) is 0 Å². The first-order valence-electron chi connectivity index (χ1n) is 9.91. The van der Waals surface area contributed by atoms with Crippen molar-refractivity contribution in [2.75, 3.05) is 0 Å². The van der Waals surface area contributed by atoms with Gasteiger partial charge in [0.25, 0.3) is 0 Å². The van der Waals surface area contributed by atoms with Gasteiger partial charge in [0.15, 0.2) is 0 Å². The minimum absolute atomic E-state index is 0.234. The third kappa shape index (κ3) is 23.4. The molecule has 0 nitrogen and oxygen atoms in total. The van der Waals surface area contributed by atoms with Crippen molar-refractivity contribution in [1.82, 2.24) is 0 Å². The minimum atomic E-state index is 0.234. The van der Waals surface area contributed by atoms with E-state index in [1.807, 2.05) is 97.2 Å². The second-order valence-corrected chi connectivity index (χ2v) is 8.53. The molecule has 0 rings (SSSR count). The van der Waals surface area contributed by atoms with Crippen molar-refractivity contribution < 1.29 is 0 Å². The molecule has 0 heteroatoms. The quantitative estimate of drug-likeness (QED) is 0.354. The van der Waals surface area contributed by atoms with Gasteiger partial charge in [0.2, 0.25) is 0 Å². The predicted octanol–water partition coefficient (Wildman–Crippen LogP) is 8.64. The molecule has 0 amide bonds. The van der Waals surface area contributed by atoms with E-state index in [1.165, 1.54) is 0 Å². The van der Waals surface area contributed by atoms with E-state index in [4.69, 9.17) is 0 Å². The summed E-state index contributed by atoms with van der Waals surface area (Å²) in [6, 6.07) is 0. The Labute approximate surface area is 174 Å². The molecule has 0 aromatic heterocycles. The SMILES string of the molecule is CC(C)(C)/C=C/C=C/C=C/C=C/C=C/C=C/C=C/C=C/C=C/C=C/C(C)(C)C. The molecule has 0 aliphatic carbocycles. The Bertz CT molecular complexity index is 617. The molecule has 0 unspecified atom stereocenters. The largest absolute Gasteiger partial charge is 0.0791 e. The molecule has 0 aliphatic rings. The molecule has 0 saturated heterocycles. The van der Waals surface area contributed by atoms with Gasteiger partial charge in [-0.2, -0.15) is 0 Å². The molecule has 28 heavy (non-hydrogen) atoms. The van der Waals surface area contributed by atoms with Crippen LogP contribution in [0, 0.1) is 10.8 Å². The van der Waals surface area contributed by atoms with Crippen LogP contribution in [0.2, 0.25) is 0 Å². The fourth-order valence-electron chi connectivity index (χ4n) is 1.71. The van der Waals surface area contributed by atoms with Gasteiger partial charge in [0.05, 0.1) is 0 Å². The van der Waals surface area contributed by atoms with Crippen LogP contribution >= 0.6 is 0 Å². The van der Waals surface area contributed by atoms with Crippen molar-refractivity contribution in [3.05, 3.63) is 122 Å². The lowest BCUT2D eigenvalue weighted by Gasteiger charge is -2.09. The Morgan fingerprint density at radius 2 is 0.393 bits per heavy atom. The molecule has 0 aliphatic heterocycles. The Morgan fingerprint density at radius 3 is 0.536 bits per heavy atom. The molecular weight excluding hydrogens is 336 g/mol. The monoisotopic (exact) mass is 374 g/mol. The van der Waals surface area contributed by atoms with Gasteiger partial charge in [-0.25, -0.2) is 0 Å². The summed E-state index contributed by atoms with van der Waals surface area (Å²) in [5.74, 6) is 0. The molecule has 0 radical (unpaired) electrons. The maximum Gasteiger partial charge on any atom is -0.0200 e. The first-order chi connectivity index (χ1) is 13.2. The van der Waals surface area contributed by atoms with Crippen molar-refractivity contribution in [2.24, 2.45) is 10.8 Å². The van der Waals surface area contributed by atoms with Crippen LogP contribution in [0.15, 0.2) is 122 Å². The van der Waals surface area contributed by atoms with E-state index < -0.39 is 0 Å². The average molecular weight is 375 g/mol. The number of rotatable bonds is 9. The number of allylic oxidation sites excluding steroid dienone is 20. The molecule has 150 valence electrons. The summed E-state index contributed by atoms with van der Waals surface area (Å²) >= 11 is 0. The second kappa shape index (κ2) is 15.5. The average Bonchev–Trinajstić information content (AvgIpc) is 2.58. The molecule has 0 aromatic rings. The van der Waals surface area contributed by atoms with Gasteiger partial charge >= 0.3 is 0 Å². The van der Waals surface area contributed by atoms with Gasteiger partial charge in [-0.1, -0.05) is 163 Å². The fraction of sp³-hybridized carbons (Fsp3) is 0.286. The van der Waals surface area contributed by atoms with E-state index in [0.717, 1.165) is 0 Å². The lowest BCUT2D eigenvalue weighted by atomic mass is 9.96. The van der Waals surface area contributed by atoms with Crippen LogP contribution in [-0.2, 0) is 0 Å². The zero-order valence-corrected chi connectivity index (χ0v) is 18.5. The third-order valence-corrected chi connectivity index (χ3v) is 3.08. The van der Waals surface area contributed by atoms with Crippen molar-refractivity contribution in [3.8, 4) is 0 Å². The van der Waals surface area contributed by atoms with Gasteiger partial charge in [0, 0.05) is 0 Å². The summed E-state index contributed by atoms with van der Waals surface area (Å²) in [7, 11) is 0. The molecule has 0 fully saturated rings. The Morgan fingerprint density at radius 1 is 0.250 bits per heavy atom. The highest BCUT2D eigenvalue weighted by molar-refractivity contribution is 5.22. The maximum absolute atomic E-state index is 2.19. The number of hydrogen-bond donors (Lipinski definition) is 0. The van der Waals surface area contributed by atoms with E-state index in [0.29, 0.717) is 0 Å². The van der Waals surface area contributed by atoms with E-state index in [2.05, 4.69) is 65.8 Å². The standard InChI is InChI=1S/C28H38/c1-27(2,3)25-23-21-19-17-15-13-11-9-7-8-10-12-14-16-18-20-22-24-26-28(4,5)6/h7-26H,1-6H3/b9-7+,10-8+,13-11+,14-12+,17-15+,18-16+,21-19+,22-20+,25-23+,26-24+. The Hall–Kier alpha value is -2.60. The summed E-state index contributed by atoms with van der Waals surface area (Å²) < 4.78 is 0. The smallest absolute Gasteiger partial charge is 0.0200 e. The lowest BCUT2D eigenvalue weighted by Crippen LogP contribution is -1.97. The topological polar surface area (TPSA) is 0 Å². The molecule has 0 saturated carbocycles. The van der Waals surface area contributed by atoms with Crippen LogP contribution in [-0.4, -0.2) is 0 Å². The van der Waals surface area contributed by atoms with Gasteiger partial charge < -0.3 is 0 Å². The van der Waals surface area contributed by atoms with E-state index in [-0.39, 0.29) is 10.8 Å². The summed E-state index contributed by atoms with van der Waals surface area (Å²) in [4.78, 5) is 0. The van der Waals surface area contributed by atoms with Crippen LogP contribution in [0.3, 0.4) is 0 Å². The fourth-order valence-corrected chi connectivity index (χ4v) is 1.71. The molecule has 0 N–H and O–H groups in total. The first kappa shape index (κ1) is 25.4. The van der Waals surface area contributed by atoms with Crippen LogP contribution in [0.1, 0.15) is 41.5 Å². The molecule has 0 spiro atoms. The van der Waals surface area contributed by atoms with E-state index >= 15 is 0 Å². The third-order valence-electron chi connectivity index (χ3n) is 3.08. The summed E-state index contributed by atoms with van der Waals surface area (Å²) in [6.07, 6.45) is 40.9. The highest BCUT2D eigenvalue weighted by atomic mass is 14.1. The molecule has 0 bridgehead atoms. The Balaban J connectivity index is 4.02. The highest BCUT2D eigenvalue weighted by Crippen LogP contribution is 2.14. The van der Waals surface area contributed by atoms with Crippen molar-refractivity contribution in [1.29, 1.82) is 0 Å². The first-order valence-corrected chi connectivity index (χ1v) is 9.91. The highest BCUT2D eigenvalue weighted by Gasteiger charge is 2.02. The van der Waals surface area contributed by atoms with E-state index in [1.54, 1.807) is 0 Å². The summed E-state index contributed by atoms with van der Waals surface area (Å²) in [5.41, 5.74) is 0.469. The van der Waals surface area contributed by atoms with Gasteiger partial charge in [-0.3, -0.25) is 0 Å². The van der Waals surface area contributed by atoms with E-state index in [9.17, 15) is 0 Å². The van der Waals surface area contributed by atoms with Crippen LogP contribution in [0.5, 0.6) is 0 Å². The lowest BCUT2D eigenvalue weighted by molar-refractivity contribution is 0.544. The zero-order chi connectivity index (χ0) is 21.1. The molecule has 0 heterocycles. The zero-order valence-electron chi connectivity index (χ0n) is 18.5. The maximum atomic E-state index is 2.19. The van der Waals surface area contributed by atoms with Crippen LogP contribution in [0.4, 0.5) is 0 Å². The summed E-state index contributed by atoms with van der Waals surface area (Å²) in [5, 5.41) is 0. The van der Waals surface area contributed by atoms with Crippen molar-refractivity contribution >= 4 is 0 Å². The van der Waals surface area contributed by atoms with Crippen LogP contribution in [0.25, 0.3) is 0 Å². The van der Waals surface area contributed by atoms with Gasteiger partial charge in [-0.05, 0) is 10.8 Å². The molecule has 0 aromatic carbocycles. The minimum Gasteiger partial charge on any atom is -0.0791 e. The molecular formula is C28H38. The second-order valence-electron chi connectivity index (χ2n) is 8.53.